The van der Waals surface area contributed by atoms with Crippen LogP contribution in [0, 0.1) is 5.92 Å². The highest BCUT2D eigenvalue weighted by molar-refractivity contribution is 9.10. The molecular weight excluding hydrogens is 312 g/mol. The number of nitrogens with one attached hydrogen (secondary N) is 1. The van der Waals surface area contributed by atoms with Gasteiger partial charge in [-0.05, 0) is 57.3 Å². The predicted octanol–water partition coefficient (Wildman–Crippen LogP) is 4.22. The topological polar surface area (TPSA) is 15.3 Å². The van der Waals surface area contributed by atoms with Crippen molar-refractivity contribution < 1.29 is 0 Å². The maximum Gasteiger partial charge on any atom is 0.0305 e. The first-order valence-electron chi connectivity index (χ1n) is 7.84. The molecule has 2 unspecified atom stereocenters. The lowest BCUT2D eigenvalue weighted by Gasteiger charge is -2.36. The van der Waals surface area contributed by atoms with Gasteiger partial charge in [-0.2, -0.15) is 0 Å². The molecule has 20 heavy (non-hydrogen) atoms. The SMILES string of the molecule is CCN1CCCC(C(C)N[C@H](C)c2ccccc2Br)C1. The largest absolute Gasteiger partial charge is 0.307 e. The van der Waals surface area contributed by atoms with Crippen LogP contribution in [0.1, 0.15) is 45.2 Å². The van der Waals surface area contributed by atoms with Gasteiger partial charge < -0.3 is 10.2 Å². The molecule has 1 aliphatic rings. The number of hydrogen-bond acceptors (Lipinski definition) is 2. The maximum absolute atomic E-state index is 3.79. The number of halogens is 1. The molecule has 0 spiro atoms. The molecular formula is C17H27BrN2. The average molecular weight is 339 g/mol. The van der Waals surface area contributed by atoms with E-state index in [0.717, 1.165) is 5.92 Å². The van der Waals surface area contributed by atoms with Gasteiger partial charge in [-0.15, -0.1) is 0 Å². The molecule has 0 aromatic heterocycles. The molecule has 1 aliphatic heterocycles. The molecule has 3 atom stereocenters. The number of nitrogens with zero attached hydrogens (tertiary/aromatic N) is 1. The second kappa shape index (κ2) is 7.58. The van der Waals surface area contributed by atoms with Crippen molar-refractivity contribution >= 4 is 15.9 Å². The van der Waals surface area contributed by atoms with Crippen LogP contribution in [-0.2, 0) is 0 Å². The summed E-state index contributed by atoms with van der Waals surface area (Å²) in [5.41, 5.74) is 1.35. The highest BCUT2D eigenvalue weighted by Gasteiger charge is 2.25. The van der Waals surface area contributed by atoms with Crippen LogP contribution < -0.4 is 5.32 Å². The number of benzene rings is 1. The summed E-state index contributed by atoms with van der Waals surface area (Å²) in [4.78, 5) is 2.58. The molecule has 2 rings (SSSR count). The summed E-state index contributed by atoms with van der Waals surface area (Å²) >= 11 is 3.66. The molecule has 1 aromatic rings. The standard InChI is InChI=1S/C17H27BrN2/c1-4-20-11-7-8-15(12-20)13(2)19-14(3)16-9-5-6-10-17(16)18/h5-6,9-10,13-15,19H,4,7-8,11-12H2,1-3H3/t13?,14-,15?/m1/s1. The second-order valence-corrected chi connectivity index (χ2v) is 6.85. The van der Waals surface area contributed by atoms with Crippen molar-refractivity contribution in [1.29, 1.82) is 0 Å². The Morgan fingerprint density at radius 2 is 2.10 bits per heavy atom. The van der Waals surface area contributed by atoms with Gasteiger partial charge >= 0.3 is 0 Å². The van der Waals surface area contributed by atoms with Crippen LogP contribution in [0.3, 0.4) is 0 Å². The third-order valence-corrected chi connectivity index (χ3v) is 5.30. The van der Waals surface area contributed by atoms with Crippen molar-refractivity contribution in [3.63, 3.8) is 0 Å². The normalized spacial score (nSPS) is 23.5. The second-order valence-electron chi connectivity index (χ2n) is 5.99. The van der Waals surface area contributed by atoms with E-state index in [1.807, 2.05) is 0 Å². The van der Waals surface area contributed by atoms with Gasteiger partial charge in [0.25, 0.3) is 0 Å². The number of hydrogen-bond donors (Lipinski definition) is 1. The van der Waals surface area contributed by atoms with E-state index in [1.165, 1.54) is 42.5 Å². The molecule has 0 radical (unpaired) electrons. The summed E-state index contributed by atoms with van der Waals surface area (Å²) in [6, 6.07) is 9.46. The predicted molar refractivity (Wildman–Crippen MR) is 90.0 cm³/mol. The first-order valence-corrected chi connectivity index (χ1v) is 8.64. The fourth-order valence-electron chi connectivity index (χ4n) is 3.23. The number of likely N-dealkylation sites (tertiary alicyclic amines) is 1. The summed E-state index contributed by atoms with van der Waals surface area (Å²) in [6.45, 7) is 10.6. The fourth-order valence-corrected chi connectivity index (χ4v) is 3.86. The molecule has 0 bridgehead atoms. The molecule has 2 nitrogen and oxygen atoms in total. The molecule has 0 saturated carbocycles. The first kappa shape index (κ1) is 16.0. The van der Waals surface area contributed by atoms with Gasteiger partial charge in [-0.25, -0.2) is 0 Å². The van der Waals surface area contributed by atoms with E-state index in [-0.39, 0.29) is 0 Å². The minimum absolute atomic E-state index is 0.387. The van der Waals surface area contributed by atoms with Crippen LogP contribution in [0.15, 0.2) is 28.7 Å². The van der Waals surface area contributed by atoms with E-state index in [1.54, 1.807) is 0 Å². The Morgan fingerprint density at radius 1 is 1.35 bits per heavy atom. The van der Waals surface area contributed by atoms with E-state index < -0.39 is 0 Å². The van der Waals surface area contributed by atoms with Crippen LogP contribution in [0.2, 0.25) is 0 Å². The molecule has 1 N–H and O–H groups in total. The van der Waals surface area contributed by atoms with E-state index in [0.29, 0.717) is 12.1 Å². The van der Waals surface area contributed by atoms with Crippen LogP contribution in [0.4, 0.5) is 0 Å². The Hall–Kier alpha value is -0.380. The summed E-state index contributed by atoms with van der Waals surface area (Å²) in [7, 11) is 0. The van der Waals surface area contributed by atoms with Crippen molar-refractivity contribution in [2.45, 2.75) is 45.7 Å². The zero-order valence-electron chi connectivity index (χ0n) is 12.9. The molecule has 0 amide bonds. The third kappa shape index (κ3) is 4.06. The van der Waals surface area contributed by atoms with Gasteiger partial charge in [0.1, 0.15) is 0 Å². The van der Waals surface area contributed by atoms with Crippen molar-refractivity contribution in [2.24, 2.45) is 5.92 Å². The molecule has 1 fully saturated rings. The average Bonchev–Trinajstić information content (AvgIpc) is 2.47. The van der Waals surface area contributed by atoms with E-state index in [2.05, 4.69) is 71.2 Å². The lowest BCUT2D eigenvalue weighted by molar-refractivity contribution is 0.153. The quantitative estimate of drug-likeness (QED) is 0.864. The Labute approximate surface area is 132 Å². The summed E-state index contributed by atoms with van der Waals surface area (Å²) in [5.74, 6) is 0.772. The van der Waals surface area contributed by atoms with Gasteiger partial charge in [-0.3, -0.25) is 0 Å². The first-order chi connectivity index (χ1) is 9.61. The van der Waals surface area contributed by atoms with Crippen molar-refractivity contribution in [1.82, 2.24) is 10.2 Å². The van der Waals surface area contributed by atoms with Crippen LogP contribution in [0.5, 0.6) is 0 Å². The van der Waals surface area contributed by atoms with E-state index in [4.69, 9.17) is 0 Å². The fraction of sp³-hybridized carbons (Fsp3) is 0.647. The van der Waals surface area contributed by atoms with E-state index in [9.17, 15) is 0 Å². The van der Waals surface area contributed by atoms with Crippen molar-refractivity contribution in [3.05, 3.63) is 34.3 Å². The van der Waals surface area contributed by atoms with Gasteiger partial charge in [0, 0.05) is 23.1 Å². The number of piperidine rings is 1. The van der Waals surface area contributed by atoms with Crippen molar-refractivity contribution in [2.75, 3.05) is 19.6 Å². The highest BCUT2D eigenvalue weighted by atomic mass is 79.9. The number of rotatable bonds is 5. The molecule has 112 valence electrons. The Balaban J connectivity index is 1.93. The molecule has 1 heterocycles. The summed E-state index contributed by atoms with van der Waals surface area (Å²) in [6.07, 6.45) is 2.70. The highest BCUT2D eigenvalue weighted by Crippen LogP contribution is 2.25. The van der Waals surface area contributed by atoms with Gasteiger partial charge in [0.05, 0.1) is 0 Å². The zero-order valence-corrected chi connectivity index (χ0v) is 14.5. The molecule has 1 aromatic carbocycles. The van der Waals surface area contributed by atoms with Crippen LogP contribution in [-0.4, -0.2) is 30.6 Å². The third-order valence-electron chi connectivity index (χ3n) is 4.58. The minimum atomic E-state index is 0.387. The van der Waals surface area contributed by atoms with Gasteiger partial charge in [-0.1, -0.05) is 41.1 Å². The van der Waals surface area contributed by atoms with Gasteiger partial charge in [0.15, 0.2) is 0 Å². The zero-order chi connectivity index (χ0) is 14.5. The van der Waals surface area contributed by atoms with Crippen LogP contribution >= 0.6 is 15.9 Å². The molecule has 3 heteroatoms. The monoisotopic (exact) mass is 338 g/mol. The lowest BCUT2D eigenvalue weighted by Crippen LogP contribution is -2.45. The molecule has 1 saturated heterocycles. The Bertz CT molecular complexity index is 421. The lowest BCUT2D eigenvalue weighted by atomic mass is 9.90. The van der Waals surface area contributed by atoms with Gasteiger partial charge in [0.2, 0.25) is 0 Å². The Kier molecular flexibility index (Phi) is 6.06. The minimum Gasteiger partial charge on any atom is -0.307 e. The van der Waals surface area contributed by atoms with E-state index >= 15 is 0 Å². The van der Waals surface area contributed by atoms with Crippen LogP contribution in [0.25, 0.3) is 0 Å². The maximum atomic E-state index is 3.79. The smallest absolute Gasteiger partial charge is 0.0305 e. The summed E-state index contributed by atoms with van der Waals surface area (Å²) in [5, 5.41) is 3.79. The molecule has 0 aliphatic carbocycles. The summed E-state index contributed by atoms with van der Waals surface area (Å²) < 4.78 is 1.20. The van der Waals surface area contributed by atoms with Crippen molar-refractivity contribution in [3.8, 4) is 0 Å². The Morgan fingerprint density at radius 3 is 2.80 bits per heavy atom.